The number of nitrogens with one attached hydrogen (secondary N) is 2. The second kappa shape index (κ2) is 17.2. The van der Waals surface area contributed by atoms with E-state index in [0.29, 0.717) is 34.0 Å². The van der Waals surface area contributed by atoms with Crippen molar-refractivity contribution in [3.05, 3.63) is 107 Å². The van der Waals surface area contributed by atoms with Crippen LogP contribution < -0.4 is 20.3 Å². The Morgan fingerprint density at radius 1 is 0.984 bits per heavy atom. The fourth-order valence-corrected chi connectivity index (χ4v) is 7.50. The summed E-state index contributed by atoms with van der Waals surface area (Å²) in [4.78, 5) is 58.9. The minimum absolute atomic E-state index is 0.0114. The second-order valence-electron chi connectivity index (χ2n) is 14.8. The lowest BCUT2D eigenvalue weighted by atomic mass is 9.73. The van der Waals surface area contributed by atoms with Crippen LogP contribution in [0.2, 0.25) is 0 Å². The number of fused-ring (bicyclic) bond motifs is 2. The summed E-state index contributed by atoms with van der Waals surface area (Å²) in [5.41, 5.74) is -1.79. The van der Waals surface area contributed by atoms with Gasteiger partial charge in [0.25, 0.3) is 0 Å². The van der Waals surface area contributed by atoms with Gasteiger partial charge in [0.1, 0.15) is 48.0 Å². The average molecular weight is 842 g/mol. The first-order valence-corrected chi connectivity index (χ1v) is 19.1. The van der Waals surface area contributed by atoms with E-state index in [1.54, 1.807) is 30.6 Å². The number of aliphatic hydroxyl groups excluding tert-OH is 2. The smallest absolute Gasteiger partial charge is 0.334 e. The molecule has 3 aromatic heterocycles. The first-order chi connectivity index (χ1) is 29.2. The molecule has 4 heterocycles. The molecule has 18 heteroatoms. The molecule has 0 bridgehead atoms. The van der Waals surface area contributed by atoms with Gasteiger partial charge in [-0.2, -0.15) is 4.73 Å². The van der Waals surface area contributed by atoms with Gasteiger partial charge in [-0.15, -0.1) is 0 Å². The van der Waals surface area contributed by atoms with Gasteiger partial charge in [-0.05, 0) is 61.9 Å². The number of aryl methyl sites for hydroxylation is 2. The predicted molar refractivity (Wildman–Crippen MR) is 216 cm³/mol. The largest absolute Gasteiger partial charge is 0.508 e. The molecule has 8 N–H and O–H groups in total. The lowest BCUT2D eigenvalue weighted by molar-refractivity contribution is -0.368. The van der Waals surface area contributed by atoms with Crippen molar-refractivity contribution in [2.45, 2.75) is 56.0 Å². The van der Waals surface area contributed by atoms with Crippen LogP contribution in [0.4, 0.5) is 0 Å². The molecule has 1 fully saturated rings. The maximum atomic E-state index is 13.6. The van der Waals surface area contributed by atoms with Gasteiger partial charge in [0.05, 0.1) is 35.9 Å². The number of nitrogens with zero attached hydrogens (tertiary/aromatic N) is 1. The number of aliphatic carboxylic acids is 1. The van der Waals surface area contributed by atoms with E-state index in [1.165, 1.54) is 41.3 Å². The van der Waals surface area contributed by atoms with Crippen LogP contribution in [-0.4, -0.2) is 121 Å². The predicted octanol–water partition coefficient (Wildman–Crippen LogP) is 1.96. The highest BCUT2D eigenvalue weighted by Gasteiger charge is 2.68. The Bertz CT molecular complexity index is 2620. The molecule has 6 atom stereocenters. The number of aromatic nitrogens is 2. The quantitative estimate of drug-likeness (QED) is 0.0299. The van der Waals surface area contributed by atoms with E-state index in [0.717, 1.165) is 11.1 Å². The summed E-state index contributed by atoms with van der Waals surface area (Å²) in [6.45, 7) is 0.0497. The zero-order chi connectivity index (χ0) is 43.6. The molecule has 0 saturated carbocycles. The molecule has 3 aromatic carbocycles. The SMILES string of the molecule is Cc1cc(C)cc(-c2c3[nH]ccc3cn2O[C@@H]2[C@@H](Oc3ccc4c(=O)c(-c5ccc(O)cc5)coc4c3)O[C@@H](COC(=O)[C@H](NCCC=O)C(=O)O)[C@@](O)(CO)[C@]2(O)CO)c1. The standard InChI is InChI=1S/C43H43N3O15/c1-23-14-24(2)16-27(15-23)36-34-26(10-12-45-34)18-46(36)61-38-41(59-29-8-9-30-32(17-29)57-19-31(37(30)51)25-4-6-28(50)7-5-25)60-33(42(55,21-48)43(38,56)22-49)20-58-40(54)35(39(52)53)44-11-3-13-47/h4-10,12-19,33,35,38,41,44-45,48-50,55-56H,3,11,20-22H2,1-2H3,(H,52,53)/t33-,35+,38+,41-,42-,43-/m0/s1. The van der Waals surface area contributed by atoms with Crippen molar-refractivity contribution in [2.75, 3.05) is 26.4 Å². The Labute approximate surface area is 346 Å². The molecule has 18 nitrogen and oxygen atoms in total. The van der Waals surface area contributed by atoms with Gasteiger partial charge in [-0.1, -0.05) is 29.3 Å². The van der Waals surface area contributed by atoms with Crippen molar-refractivity contribution in [1.29, 1.82) is 0 Å². The summed E-state index contributed by atoms with van der Waals surface area (Å²) in [5, 5.41) is 68.9. The summed E-state index contributed by atoms with van der Waals surface area (Å²) in [5.74, 6) is -3.02. The number of ether oxygens (including phenoxy) is 3. The number of phenolic OH excluding ortho intramolecular Hbond substituents is 1. The molecular formula is C43H43N3O15. The van der Waals surface area contributed by atoms with Crippen molar-refractivity contribution in [3.8, 4) is 33.9 Å². The molecule has 320 valence electrons. The monoisotopic (exact) mass is 841 g/mol. The van der Waals surface area contributed by atoms with E-state index in [2.05, 4.69) is 10.3 Å². The highest BCUT2D eigenvalue weighted by Crippen LogP contribution is 2.41. The molecule has 0 spiro atoms. The van der Waals surface area contributed by atoms with Gasteiger partial charge in [0.2, 0.25) is 18.4 Å². The molecule has 0 unspecified atom stereocenters. The summed E-state index contributed by atoms with van der Waals surface area (Å²) in [7, 11) is 0. The van der Waals surface area contributed by atoms with E-state index in [1.807, 2.05) is 32.0 Å². The van der Waals surface area contributed by atoms with Gasteiger partial charge < -0.3 is 63.9 Å². The number of benzene rings is 3. The number of carbonyl (C=O) groups is 3. The van der Waals surface area contributed by atoms with E-state index in [9.17, 15) is 49.8 Å². The number of hydrogen-bond donors (Lipinski definition) is 8. The molecule has 1 aliphatic heterocycles. The van der Waals surface area contributed by atoms with E-state index in [-0.39, 0.29) is 41.0 Å². The Balaban J connectivity index is 1.29. The fraction of sp³-hybridized carbons (Fsp3) is 0.302. The number of H-pyrrole nitrogens is 1. The van der Waals surface area contributed by atoms with Crippen LogP contribution in [-0.2, 0) is 23.9 Å². The topological polar surface area (TPSA) is 272 Å². The number of carboxylic acid groups (broad SMARTS) is 1. The number of rotatable bonds is 16. The van der Waals surface area contributed by atoms with Crippen molar-refractivity contribution in [3.63, 3.8) is 0 Å². The average Bonchev–Trinajstić information content (AvgIpc) is 3.83. The lowest BCUT2D eigenvalue weighted by Crippen LogP contribution is -2.79. The number of esters is 1. The second-order valence-corrected chi connectivity index (χ2v) is 14.8. The van der Waals surface area contributed by atoms with Gasteiger partial charge in [0, 0.05) is 36.2 Å². The van der Waals surface area contributed by atoms with Crippen LogP contribution >= 0.6 is 0 Å². The van der Waals surface area contributed by atoms with Gasteiger partial charge in [-0.25, -0.2) is 9.59 Å². The summed E-state index contributed by atoms with van der Waals surface area (Å²) >= 11 is 0. The molecule has 0 radical (unpaired) electrons. The number of aldehydes is 1. The van der Waals surface area contributed by atoms with Crippen LogP contribution in [0.1, 0.15) is 17.5 Å². The van der Waals surface area contributed by atoms with Gasteiger partial charge in [0.15, 0.2) is 16.6 Å². The molecule has 6 aromatic rings. The molecule has 0 amide bonds. The maximum absolute atomic E-state index is 13.6. The third kappa shape index (κ3) is 8.07. The summed E-state index contributed by atoms with van der Waals surface area (Å²) in [6, 6.07) is 15.7. The van der Waals surface area contributed by atoms with E-state index in [4.69, 9.17) is 23.5 Å². The van der Waals surface area contributed by atoms with E-state index < -0.39 is 72.9 Å². The minimum Gasteiger partial charge on any atom is -0.508 e. The number of aliphatic hydroxyl groups is 4. The van der Waals surface area contributed by atoms with Crippen molar-refractivity contribution >= 4 is 40.1 Å². The highest BCUT2D eigenvalue weighted by atomic mass is 16.8. The van der Waals surface area contributed by atoms with Crippen molar-refractivity contribution < 1.29 is 68.5 Å². The number of hydrogen-bond acceptors (Lipinski definition) is 15. The molecule has 0 aliphatic carbocycles. The Hall–Kier alpha value is -6.54. The van der Waals surface area contributed by atoms with Crippen LogP contribution in [0.5, 0.6) is 11.5 Å². The lowest BCUT2D eigenvalue weighted by Gasteiger charge is -2.54. The molecule has 7 rings (SSSR count). The zero-order valence-corrected chi connectivity index (χ0v) is 32.8. The summed E-state index contributed by atoms with van der Waals surface area (Å²) in [6.07, 6.45) is -0.731. The highest BCUT2D eigenvalue weighted by molar-refractivity contribution is 5.98. The molecule has 61 heavy (non-hydrogen) atoms. The first kappa shape index (κ1) is 42.6. The summed E-state index contributed by atoms with van der Waals surface area (Å²) < 4.78 is 24.8. The maximum Gasteiger partial charge on any atom is 0.334 e. The van der Waals surface area contributed by atoms with Crippen LogP contribution in [0.3, 0.4) is 0 Å². The third-order valence-electron chi connectivity index (χ3n) is 10.6. The minimum atomic E-state index is -2.89. The number of carbonyl (C=O) groups excluding carboxylic acids is 2. The Morgan fingerprint density at radius 3 is 2.38 bits per heavy atom. The molecule has 1 aliphatic rings. The number of phenols is 1. The fourth-order valence-electron chi connectivity index (χ4n) is 7.50. The third-order valence-corrected chi connectivity index (χ3v) is 10.6. The van der Waals surface area contributed by atoms with Gasteiger partial charge >= 0.3 is 11.9 Å². The Morgan fingerprint density at radius 2 is 1.70 bits per heavy atom. The van der Waals surface area contributed by atoms with E-state index >= 15 is 0 Å². The zero-order valence-electron chi connectivity index (χ0n) is 32.8. The first-order valence-electron chi connectivity index (χ1n) is 19.1. The number of aromatic amines is 1. The van der Waals surface area contributed by atoms with Crippen LogP contribution in [0.25, 0.3) is 44.3 Å². The van der Waals surface area contributed by atoms with Crippen molar-refractivity contribution in [2.24, 2.45) is 0 Å². The molecule has 1 saturated heterocycles. The molecular weight excluding hydrogens is 798 g/mol. The normalized spacial score (nSPS) is 21.9. The van der Waals surface area contributed by atoms with Crippen molar-refractivity contribution in [1.82, 2.24) is 15.0 Å². The number of carboxylic acids is 1. The number of aromatic hydroxyl groups is 1. The van der Waals surface area contributed by atoms with Crippen LogP contribution in [0.15, 0.2) is 94.6 Å². The van der Waals surface area contributed by atoms with Gasteiger partial charge in [-0.3, -0.25) is 10.1 Å². The van der Waals surface area contributed by atoms with Crippen LogP contribution in [0, 0.1) is 13.8 Å². The Kier molecular flexibility index (Phi) is 12.0.